The molecule has 16 heteroatoms. The summed E-state index contributed by atoms with van der Waals surface area (Å²) in [6, 6.07) is 12.5. The second kappa shape index (κ2) is 17.8. The van der Waals surface area contributed by atoms with Crippen LogP contribution in [-0.2, 0) is 30.4 Å². The van der Waals surface area contributed by atoms with Gasteiger partial charge in [-0.1, -0.05) is 56.4 Å². The molecule has 6 unspecified atom stereocenters. The van der Waals surface area contributed by atoms with E-state index in [1.54, 1.807) is 13.3 Å². The molecule has 4 N–H and O–H groups in total. The summed E-state index contributed by atoms with van der Waals surface area (Å²) in [5, 5.41) is 7.45. The zero-order valence-electron chi connectivity index (χ0n) is 36.7. The molecule has 3 aliphatic heterocycles. The van der Waals surface area contributed by atoms with Crippen molar-refractivity contribution >= 4 is 45.8 Å². The second-order valence-corrected chi connectivity index (χ2v) is 17.4. The monoisotopic (exact) mass is 870 g/mol. The van der Waals surface area contributed by atoms with Crippen LogP contribution in [0.5, 0.6) is 5.75 Å². The average molecular weight is 871 g/mol. The number of fused-ring (bicyclic) bond motifs is 6. The summed E-state index contributed by atoms with van der Waals surface area (Å²) in [5.74, 6) is 1.51. The van der Waals surface area contributed by atoms with Gasteiger partial charge in [-0.25, -0.2) is 19.6 Å². The van der Waals surface area contributed by atoms with Crippen LogP contribution in [0.2, 0.25) is 0 Å². The quantitative estimate of drug-likeness (QED) is 0.106. The first kappa shape index (κ1) is 42.6. The minimum absolute atomic E-state index is 0.0787. The number of likely N-dealkylation sites (tertiary alicyclic amines) is 2. The summed E-state index contributed by atoms with van der Waals surface area (Å²) in [5.41, 5.74) is 6.49. The van der Waals surface area contributed by atoms with Crippen LogP contribution in [0, 0.1) is 17.8 Å². The SMILES string of the molecule is COCC1CC(c2nc3c(ccc4cc5c(cc43)OCc3cc(-c4cnc(C6CCCN6C(=O)C(NC(=O)OC)C(C)C)[nH]4)ccc3-5)[nH]2)N(C(=O)C(NC(=O)OC)C2C=CC=CC2)C1. The molecule has 2 fully saturated rings. The van der Waals surface area contributed by atoms with Gasteiger partial charge in [0.2, 0.25) is 11.8 Å². The number of hydrogen-bond donors (Lipinski definition) is 4. The van der Waals surface area contributed by atoms with E-state index in [-0.39, 0.29) is 41.7 Å². The molecule has 0 saturated carbocycles. The molecule has 3 aromatic carbocycles. The normalized spacial score (nSPS) is 21.1. The number of nitrogens with one attached hydrogen (secondary N) is 4. The topological polar surface area (TPSA) is 193 Å². The van der Waals surface area contributed by atoms with Crippen LogP contribution >= 0.6 is 0 Å². The number of ether oxygens (including phenoxy) is 4. The van der Waals surface area contributed by atoms with Crippen LogP contribution in [0.15, 0.2) is 73.0 Å². The van der Waals surface area contributed by atoms with Crippen LogP contribution in [0.1, 0.15) is 68.8 Å². The number of rotatable bonds is 11. The highest BCUT2D eigenvalue weighted by atomic mass is 16.5. The molecule has 2 aromatic heterocycles. The zero-order valence-corrected chi connectivity index (χ0v) is 36.7. The highest BCUT2D eigenvalue weighted by Gasteiger charge is 2.43. The van der Waals surface area contributed by atoms with Crippen molar-refractivity contribution in [1.29, 1.82) is 0 Å². The van der Waals surface area contributed by atoms with E-state index >= 15 is 0 Å². The van der Waals surface area contributed by atoms with Gasteiger partial charge < -0.3 is 49.3 Å². The van der Waals surface area contributed by atoms with E-state index in [0.29, 0.717) is 50.8 Å². The Kier molecular flexibility index (Phi) is 11.9. The van der Waals surface area contributed by atoms with E-state index in [9.17, 15) is 19.2 Å². The maximum atomic E-state index is 14.5. The Labute approximate surface area is 370 Å². The van der Waals surface area contributed by atoms with Crippen LogP contribution in [0.4, 0.5) is 9.59 Å². The van der Waals surface area contributed by atoms with Crippen molar-refractivity contribution in [2.24, 2.45) is 17.8 Å². The smallest absolute Gasteiger partial charge is 0.407 e. The summed E-state index contributed by atoms with van der Waals surface area (Å²) in [6.45, 7) is 5.69. The lowest BCUT2D eigenvalue weighted by atomic mass is 9.91. The third-order valence-corrected chi connectivity index (χ3v) is 13.1. The van der Waals surface area contributed by atoms with Crippen molar-refractivity contribution in [3.63, 3.8) is 0 Å². The number of H-pyrrole nitrogens is 2. The fourth-order valence-electron chi connectivity index (χ4n) is 9.82. The van der Waals surface area contributed by atoms with Crippen molar-refractivity contribution in [3.8, 4) is 28.1 Å². The number of amides is 4. The Morgan fingerprint density at radius 2 is 1.73 bits per heavy atom. The molecule has 5 aromatic rings. The number of imidazole rings is 2. The molecule has 334 valence electrons. The molecule has 5 heterocycles. The molecule has 4 amide bonds. The summed E-state index contributed by atoms with van der Waals surface area (Å²) in [4.78, 5) is 73.3. The molecule has 64 heavy (non-hydrogen) atoms. The van der Waals surface area contributed by atoms with E-state index in [1.807, 2.05) is 54.0 Å². The summed E-state index contributed by atoms with van der Waals surface area (Å²) in [7, 11) is 4.25. The Morgan fingerprint density at radius 3 is 2.50 bits per heavy atom. The number of aromatic nitrogens is 4. The zero-order chi connectivity index (χ0) is 44.6. The lowest BCUT2D eigenvalue weighted by Crippen LogP contribution is -2.52. The van der Waals surface area contributed by atoms with E-state index in [4.69, 9.17) is 28.9 Å². The van der Waals surface area contributed by atoms with Crippen LogP contribution in [0.25, 0.3) is 44.2 Å². The fourth-order valence-corrected chi connectivity index (χ4v) is 9.82. The maximum absolute atomic E-state index is 14.5. The van der Waals surface area contributed by atoms with E-state index in [1.165, 1.54) is 14.2 Å². The summed E-state index contributed by atoms with van der Waals surface area (Å²) >= 11 is 0. The first-order chi connectivity index (χ1) is 31.0. The predicted molar refractivity (Wildman–Crippen MR) is 239 cm³/mol. The Bertz CT molecular complexity index is 2670. The molecule has 16 nitrogen and oxygen atoms in total. The van der Waals surface area contributed by atoms with Gasteiger partial charge in [-0.3, -0.25) is 9.59 Å². The number of methoxy groups -OCH3 is 3. The molecule has 6 atom stereocenters. The molecule has 0 bridgehead atoms. The minimum atomic E-state index is -0.816. The highest BCUT2D eigenvalue weighted by molar-refractivity contribution is 6.07. The third kappa shape index (κ3) is 8.06. The van der Waals surface area contributed by atoms with Gasteiger partial charge in [0, 0.05) is 43.0 Å². The van der Waals surface area contributed by atoms with E-state index in [0.717, 1.165) is 68.3 Å². The van der Waals surface area contributed by atoms with Gasteiger partial charge in [0.25, 0.3) is 0 Å². The van der Waals surface area contributed by atoms with E-state index in [2.05, 4.69) is 57.0 Å². The number of nitrogens with zero attached hydrogens (tertiary/aromatic N) is 4. The van der Waals surface area contributed by atoms with Gasteiger partial charge in [-0.05, 0) is 77.9 Å². The average Bonchev–Trinajstić information content (AvgIpc) is 4.15. The highest BCUT2D eigenvalue weighted by Crippen LogP contribution is 2.44. The number of alkyl carbamates (subject to hydrolysis) is 2. The van der Waals surface area contributed by atoms with Gasteiger partial charge in [-0.15, -0.1) is 0 Å². The Morgan fingerprint density at radius 1 is 0.906 bits per heavy atom. The van der Waals surface area contributed by atoms with Gasteiger partial charge in [0.1, 0.15) is 36.1 Å². The van der Waals surface area contributed by atoms with Crippen LogP contribution in [-0.4, -0.2) is 107 Å². The molecule has 4 aliphatic rings. The number of aromatic amines is 2. The standard InChI is InChI=1S/C48H54N8O8/c1-26(2)40(53-47(59)62-4)45(57)55-17-9-12-37(55)43-49-22-36(51-43)30-13-15-32-31(19-30)25-64-39-21-33-29(20-34(32)39)14-16-35-42(33)52-44(50-35)38-18-27(24-61-3)23-56(38)46(58)41(54-48(60)63-5)28-10-7-6-8-11-28/h6-8,10,13-16,19-22,26-28,37-38,40-41H,9,11-12,17-18,23-25H2,1-5H3,(H,49,51)(H,50,52)(H,53,59)(H,54,60). The summed E-state index contributed by atoms with van der Waals surface area (Å²) < 4.78 is 21.7. The third-order valence-electron chi connectivity index (χ3n) is 13.1. The Hall–Kier alpha value is -6.68. The maximum Gasteiger partial charge on any atom is 0.407 e. The molecule has 0 spiro atoms. The molecule has 9 rings (SSSR count). The predicted octanol–water partition coefficient (Wildman–Crippen LogP) is 7.10. The molecule has 0 radical (unpaired) electrons. The van der Waals surface area contributed by atoms with Crippen LogP contribution in [0.3, 0.4) is 0 Å². The number of allylic oxidation sites excluding steroid dienone is 3. The number of carbonyl (C=O) groups excluding carboxylic acids is 4. The van der Waals surface area contributed by atoms with Crippen molar-refractivity contribution in [3.05, 3.63) is 90.2 Å². The largest absolute Gasteiger partial charge is 0.488 e. The van der Waals surface area contributed by atoms with Crippen molar-refractivity contribution in [2.45, 2.75) is 70.3 Å². The lowest BCUT2D eigenvalue weighted by molar-refractivity contribution is -0.136. The van der Waals surface area contributed by atoms with E-state index < -0.39 is 24.3 Å². The van der Waals surface area contributed by atoms with Crippen molar-refractivity contribution in [2.75, 3.05) is 41.0 Å². The number of hydrogen-bond acceptors (Lipinski definition) is 10. The van der Waals surface area contributed by atoms with Crippen LogP contribution < -0.4 is 15.4 Å². The van der Waals surface area contributed by atoms with Crippen molar-refractivity contribution in [1.82, 2.24) is 40.4 Å². The first-order valence-corrected chi connectivity index (χ1v) is 21.9. The van der Waals surface area contributed by atoms with Gasteiger partial charge in [-0.2, -0.15) is 0 Å². The molecule has 1 aliphatic carbocycles. The molecule has 2 saturated heterocycles. The van der Waals surface area contributed by atoms with Gasteiger partial charge in [0.15, 0.2) is 0 Å². The minimum Gasteiger partial charge on any atom is -0.488 e. The first-order valence-electron chi connectivity index (χ1n) is 21.9. The second-order valence-electron chi connectivity index (χ2n) is 17.4. The number of carbonyl (C=O) groups is 4. The molecular weight excluding hydrogens is 817 g/mol. The number of benzene rings is 3. The molecular formula is C48H54N8O8. The Balaban J connectivity index is 0.971. The summed E-state index contributed by atoms with van der Waals surface area (Å²) in [6.07, 6.45) is 11.1. The van der Waals surface area contributed by atoms with Crippen molar-refractivity contribution < 1.29 is 38.1 Å². The van der Waals surface area contributed by atoms with Gasteiger partial charge >= 0.3 is 12.2 Å². The fraction of sp³-hybridized carbons (Fsp3) is 0.417. The van der Waals surface area contributed by atoms with Gasteiger partial charge in [0.05, 0.1) is 55.8 Å². The lowest BCUT2D eigenvalue weighted by Gasteiger charge is -2.31.